The molecule has 0 aromatic rings. The first-order valence-corrected chi connectivity index (χ1v) is 6.85. The quantitative estimate of drug-likeness (QED) is 0.649. The lowest BCUT2D eigenvalue weighted by molar-refractivity contribution is -0.137. The molecule has 1 aliphatic rings. The Morgan fingerprint density at radius 2 is 2.18 bits per heavy atom. The fraction of sp³-hybridized carbons (Fsp3) is 0.889. The van der Waals surface area contributed by atoms with Crippen molar-refractivity contribution in [2.24, 2.45) is 0 Å². The smallest absolute Gasteiger partial charge is 0.304 e. The highest BCUT2D eigenvalue weighted by Crippen LogP contribution is 2.22. The number of nitrogens with zero attached hydrogens (tertiary/aromatic N) is 2. The SMILES string of the molecule is CN(CCC(=O)O)S(=O)(=O)N1CCC[C@@H]1CO. The molecule has 17 heavy (non-hydrogen) atoms. The third-order valence-electron chi connectivity index (χ3n) is 2.86. The van der Waals surface area contributed by atoms with E-state index in [2.05, 4.69) is 0 Å². The predicted octanol–water partition coefficient (Wildman–Crippen LogP) is -0.906. The van der Waals surface area contributed by atoms with E-state index in [1.807, 2.05) is 0 Å². The molecule has 1 atom stereocenters. The average molecular weight is 266 g/mol. The minimum atomic E-state index is -3.65. The van der Waals surface area contributed by atoms with Crippen molar-refractivity contribution >= 4 is 16.2 Å². The molecule has 1 heterocycles. The van der Waals surface area contributed by atoms with Gasteiger partial charge >= 0.3 is 5.97 Å². The molecule has 0 amide bonds. The molecule has 0 aromatic carbocycles. The lowest BCUT2D eigenvalue weighted by Crippen LogP contribution is -2.46. The van der Waals surface area contributed by atoms with Crippen LogP contribution < -0.4 is 0 Å². The van der Waals surface area contributed by atoms with Crippen LogP contribution in [0.1, 0.15) is 19.3 Å². The molecule has 0 spiro atoms. The molecule has 8 heteroatoms. The zero-order valence-corrected chi connectivity index (χ0v) is 10.6. The molecule has 1 saturated heterocycles. The maximum Gasteiger partial charge on any atom is 0.304 e. The summed E-state index contributed by atoms with van der Waals surface area (Å²) in [5.41, 5.74) is 0. The number of aliphatic hydroxyl groups excluding tert-OH is 1. The van der Waals surface area contributed by atoms with Gasteiger partial charge in [-0.25, -0.2) is 0 Å². The summed E-state index contributed by atoms with van der Waals surface area (Å²) >= 11 is 0. The molecule has 0 saturated carbocycles. The number of carbonyl (C=O) groups is 1. The van der Waals surface area contributed by atoms with Crippen LogP contribution in [0.25, 0.3) is 0 Å². The van der Waals surface area contributed by atoms with Crippen molar-refractivity contribution < 1.29 is 23.4 Å². The number of rotatable bonds is 6. The van der Waals surface area contributed by atoms with Gasteiger partial charge in [-0.1, -0.05) is 0 Å². The molecule has 0 radical (unpaired) electrons. The Kier molecular flexibility index (Phi) is 4.87. The summed E-state index contributed by atoms with van der Waals surface area (Å²) in [6.45, 7) is 0.114. The molecule has 1 rings (SSSR count). The topological polar surface area (TPSA) is 98.2 Å². The molecule has 1 aliphatic heterocycles. The van der Waals surface area contributed by atoms with Crippen molar-refractivity contribution in [2.75, 3.05) is 26.7 Å². The summed E-state index contributed by atoms with van der Waals surface area (Å²) in [6, 6.07) is -0.382. The van der Waals surface area contributed by atoms with Crippen LogP contribution >= 0.6 is 0 Å². The lowest BCUT2D eigenvalue weighted by Gasteiger charge is -2.27. The van der Waals surface area contributed by atoms with Crippen LogP contribution in [0.2, 0.25) is 0 Å². The Balaban J connectivity index is 2.69. The number of aliphatic hydroxyl groups is 1. The second kappa shape index (κ2) is 5.76. The average Bonchev–Trinajstić information content (AvgIpc) is 2.74. The maximum absolute atomic E-state index is 12.1. The number of aliphatic carboxylic acids is 1. The van der Waals surface area contributed by atoms with E-state index in [4.69, 9.17) is 10.2 Å². The van der Waals surface area contributed by atoms with Crippen LogP contribution in [0.4, 0.5) is 0 Å². The monoisotopic (exact) mass is 266 g/mol. The van der Waals surface area contributed by atoms with Gasteiger partial charge in [-0.3, -0.25) is 4.79 Å². The Labute approximate surface area is 101 Å². The molecule has 0 aromatic heterocycles. The van der Waals surface area contributed by atoms with Crippen molar-refractivity contribution in [1.29, 1.82) is 0 Å². The van der Waals surface area contributed by atoms with Gasteiger partial charge in [-0.15, -0.1) is 0 Å². The van der Waals surface area contributed by atoms with Crippen LogP contribution in [0, 0.1) is 0 Å². The Morgan fingerprint density at radius 1 is 1.53 bits per heavy atom. The minimum absolute atomic E-state index is 0.0632. The van der Waals surface area contributed by atoms with E-state index >= 15 is 0 Å². The van der Waals surface area contributed by atoms with Gasteiger partial charge in [-0.05, 0) is 12.8 Å². The van der Waals surface area contributed by atoms with E-state index < -0.39 is 16.2 Å². The predicted molar refractivity (Wildman–Crippen MR) is 60.6 cm³/mol. The number of carboxylic acid groups (broad SMARTS) is 1. The van der Waals surface area contributed by atoms with Gasteiger partial charge in [0.25, 0.3) is 10.2 Å². The highest BCUT2D eigenvalue weighted by atomic mass is 32.2. The lowest BCUT2D eigenvalue weighted by atomic mass is 10.2. The zero-order valence-electron chi connectivity index (χ0n) is 9.74. The van der Waals surface area contributed by atoms with Crippen molar-refractivity contribution in [2.45, 2.75) is 25.3 Å². The fourth-order valence-electron chi connectivity index (χ4n) is 1.84. The van der Waals surface area contributed by atoms with E-state index in [-0.39, 0.29) is 25.6 Å². The largest absolute Gasteiger partial charge is 0.481 e. The van der Waals surface area contributed by atoms with Gasteiger partial charge < -0.3 is 10.2 Å². The van der Waals surface area contributed by atoms with Gasteiger partial charge in [0.05, 0.1) is 13.0 Å². The first kappa shape index (κ1) is 14.4. The molecule has 0 unspecified atom stereocenters. The fourth-order valence-corrected chi connectivity index (χ4v) is 3.43. The van der Waals surface area contributed by atoms with Gasteiger partial charge in [0.2, 0.25) is 0 Å². The van der Waals surface area contributed by atoms with Gasteiger partial charge in [0.1, 0.15) is 0 Å². The number of hydrogen-bond acceptors (Lipinski definition) is 4. The maximum atomic E-state index is 12.1. The van der Waals surface area contributed by atoms with E-state index in [1.54, 1.807) is 0 Å². The van der Waals surface area contributed by atoms with Crippen LogP contribution in [0.5, 0.6) is 0 Å². The molecule has 0 aliphatic carbocycles. The van der Waals surface area contributed by atoms with Crippen LogP contribution in [-0.4, -0.2) is 66.0 Å². The molecule has 100 valence electrons. The Hall–Kier alpha value is -0.700. The Bertz CT molecular complexity index is 370. The zero-order chi connectivity index (χ0) is 13.1. The highest BCUT2D eigenvalue weighted by molar-refractivity contribution is 7.86. The number of carboxylic acids is 1. The summed E-state index contributed by atoms with van der Waals surface area (Å²) in [4.78, 5) is 10.4. The molecule has 7 nitrogen and oxygen atoms in total. The van der Waals surface area contributed by atoms with Crippen molar-refractivity contribution in [1.82, 2.24) is 8.61 Å². The first-order valence-electron chi connectivity index (χ1n) is 5.45. The van der Waals surface area contributed by atoms with Crippen molar-refractivity contribution in [3.05, 3.63) is 0 Å². The molecule has 1 fully saturated rings. The minimum Gasteiger partial charge on any atom is -0.481 e. The van der Waals surface area contributed by atoms with E-state index in [0.29, 0.717) is 13.0 Å². The van der Waals surface area contributed by atoms with E-state index in [0.717, 1.165) is 10.7 Å². The summed E-state index contributed by atoms with van der Waals surface area (Å²) in [6.07, 6.45) is 1.13. The van der Waals surface area contributed by atoms with Crippen LogP contribution in [0.3, 0.4) is 0 Å². The van der Waals surface area contributed by atoms with Gasteiger partial charge in [0.15, 0.2) is 0 Å². The van der Waals surface area contributed by atoms with Crippen LogP contribution in [0.15, 0.2) is 0 Å². The second-order valence-electron chi connectivity index (χ2n) is 4.06. The summed E-state index contributed by atoms with van der Waals surface area (Å²) < 4.78 is 26.4. The first-order chi connectivity index (χ1) is 7.89. The van der Waals surface area contributed by atoms with Crippen LogP contribution in [-0.2, 0) is 15.0 Å². The molecule has 2 N–H and O–H groups in total. The Morgan fingerprint density at radius 3 is 2.71 bits per heavy atom. The van der Waals surface area contributed by atoms with E-state index in [9.17, 15) is 13.2 Å². The normalized spacial score (nSPS) is 22.2. The third-order valence-corrected chi connectivity index (χ3v) is 4.91. The van der Waals surface area contributed by atoms with Crippen molar-refractivity contribution in [3.63, 3.8) is 0 Å². The van der Waals surface area contributed by atoms with Gasteiger partial charge in [-0.2, -0.15) is 17.0 Å². The summed E-state index contributed by atoms with van der Waals surface area (Å²) in [5.74, 6) is -1.04. The molecule has 0 bridgehead atoms. The van der Waals surface area contributed by atoms with E-state index in [1.165, 1.54) is 11.4 Å². The van der Waals surface area contributed by atoms with Crippen molar-refractivity contribution in [3.8, 4) is 0 Å². The molecular weight excluding hydrogens is 248 g/mol. The summed E-state index contributed by atoms with van der Waals surface area (Å²) in [5, 5.41) is 17.6. The highest BCUT2D eigenvalue weighted by Gasteiger charge is 2.36. The summed E-state index contributed by atoms with van der Waals surface area (Å²) in [7, 11) is -2.30. The number of hydrogen-bond donors (Lipinski definition) is 2. The standard InChI is InChI=1S/C9H18N2O5S/c1-10(6-4-9(13)14)17(15,16)11-5-2-3-8(11)7-12/h8,12H,2-7H2,1H3,(H,13,14)/t8-/m1/s1. The third kappa shape index (κ3) is 3.38. The van der Waals surface area contributed by atoms with Gasteiger partial charge in [0, 0.05) is 26.2 Å². The second-order valence-corrected chi connectivity index (χ2v) is 6.05. The molecular formula is C9H18N2O5S.